The first kappa shape index (κ1) is 21.2. The summed E-state index contributed by atoms with van der Waals surface area (Å²) in [5.41, 5.74) is 1.91. The van der Waals surface area contributed by atoms with Gasteiger partial charge in [-0.2, -0.15) is 0 Å². The van der Waals surface area contributed by atoms with Crippen molar-refractivity contribution in [3.05, 3.63) is 64.2 Å². The summed E-state index contributed by atoms with van der Waals surface area (Å²) in [7, 11) is 3.89. The summed E-state index contributed by atoms with van der Waals surface area (Å²) in [4.78, 5) is 36.4. The summed E-state index contributed by atoms with van der Waals surface area (Å²) < 4.78 is 4.92. The molecule has 9 heteroatoms. The zero-order chi connectivity index (χ0) is 20.5. The lowest BCUT2D eigenvalue weighted by Crippen LogP contribution is -2.28. The Kier molecular flexibility index (Phi) is 7.82. The van der Waals surface area contributed by atoms with Crippen LogP contribution >= 0.6 is 11.8 Å². The summed E-state index contributed by atoms with van der Waals surface area (Å²) in [6, 6.07) is 13.8. The Morgan fingerprint density at radius 1 is 1.14 bits per heavy atom. The number of nitro groups is 1. The van der Waals surface area contributed by atoms with Crippen LogP contribution in [0.15, 0.2) is 53.4 Å². The lowest BCUT2D eigenvalue weighted by Gasteiger charge is -2.13. The predicted octanol–water partition coefficient (Wildman–Crippen LogP) is 2.61. The molecule has 0 fully saturated rings. The highest BCUT2D eigenvalue weighted by Gasteiger charge is 2.15. The molecule has 0 heterocycles. The molecule has 0 aromatic heterocycles. The second kappa shape index (κ2) is 10.3. The molecule has 0 radical (unpaired) electrons. The fourth-order valence-electron chi connectivity index (χ4n) is 2.22. The molecule has 1 amide bonds. The van der Waals surface area contributed by atoms with Crippen molar-refractivity contribution in [3.63, 3.8) is 0 Å². The summed E-state index contributed by atoms with van der Waals surface area (Å²) in [6.45, 7) is -0.0683. The Balaban J connectivity index is 1.72. The number of nitro benzene ring substituents is 1. The maximum Gasteiger partial charge on any atom is 0.316 e. The van der Waals surface area contributed by atoms with E-state index in [0.717, 1.165) is 23.0 Å². The Morgan fingerprint density at radius 3 is 2.46 bits per heavy atom. The fraction of sp³-hybridized carbons (Fsp3) is 0.263. The van der Waals surface area contributed by atoms with E-state index in [4.69, 9.17) is 4.74 Å². The van der Waals surface area contributed by atoms with Crippen molar-refractivity contribution in [2.24, 2.45) is 0 Å². The zero-order valence-corrected chi connectivity index (χ0v) is 16.4. The number of anilines is 1. The number of thioether (sulfide) groups is 1. The lowest BCUT2D eigenvalue weighted by molar-refractivity contribution is -0.387. The van der Waals surface area contributed by atoms with Gasteiger partial charge in [-0.15, -0.1) is 11.8 Å². The van der Waals surface area contributed by atoms with Crippen molar-refractivity contribution in [3.8, 4) is 0 Å². The van der Waals surface area contributed by atoms with E-state index >= 15 is 0 Å². The van der Waals surface area contributed by atoms with Gasteiger partial charge in [-0.3, -0.25) is 19.7 Å². The third kappa shape index (κ3) is 6.58. The van der Waals surface area contributed by atoms with Crippen molar-refractivity contribution >= 4 is 35.0 Å². The number of nitrogens with zero attached hydrogens (tertiary/aromatic N) is 2. The average molecular weight is 403 g/mol. The quantitative estimate of drug-likeness (QED) is 0.297. The number of hydrogen-bond donors (Lipinski definition) is 1. The summed E-state index contributed by atoms with van der Waals surface area (Å²) >= 11 is 0.997. The minimum absolute atomic E-state index is 0.0710. The van der Waals surface area contributed by atoms with E-state index < -0.39 is 23.4 Å². The van der Waals surface area contributed by atoms with E-state index in [-0.39, 0.29) is 11.4 Å². The number of carbonyl (C=O) groups excluding carboxylic acids is 2. The molecule has 2 aromatic carbocycles. The Labute approximate surface area is 167 Å². The molecule has 1 N–H and O–H groups in total. The van der Waals surface area contributed by atoms with Gasteiger partial charge in [0.25, 0.3) is 11.6 Å². The fourth-order valence-corrected chi connectivity index (χ4v) is 3.04. The van der Waals surface area contributed by atoms with Gasteiger partial charge in [0.2, 0.25) is 0 Å². The van der Waals surface area contributed by atoms with Crippen molar-refractivity contribution < 1.29 is 19.2 Å². The Hall–Kier alpha value is -3.07. The molecule has 0 saturated carbocycles. The first-order chi connectivity index (χ1) is 13.4. The molecule has 0 aliphatic heterocycles. The number of hydrogen-bond acceptors (Lipinski definition) is 7. The topological polar surface area (TPSA) is 102 Å². The number of carbonyl (C=O) groups is 2. The van der Waals surface area contributed by atoms with Gasteiger partial charge in [0.15, 0.2) is 6.61 Å². The van der Waals surface area contributed by atoms with Gasteiger partial charge in [0, 0.05) is 32.4 Å². The van der Waals surface area contributed by atoms with E-state index in [9.17, 15) is 19.7 Å². The first-order valence-corrected chi connectivity index (χ1v) is 9.40. The number of ether oxygens (including phenoxy) is 1. The highest BCUT2D eigenvalue weighted by atomic mass is 32.2. The van der Waals surface area contributed by atoms with Gasteiger partial charge in [-0.1, -0.05) is 24.3 Å². The van der Waals surface area contributed by atoms with Crippen LogP contribution in [0, 0.1) is 10.1 Å². The highest BCUT2D eigenvalue weighted by Crippen LogP contribution is 2.28. The van der Waals surface area contributed by atoms with Gasteiger partial charge in [0.1, 0.15) is 0 Å². The highest BCUT2D eigenvalue weighted by molar-refractivity contribution is 8.00. The van der Waals surface area contributed by atoms with Crippen LogP contribution in [-0.4, -0.2) is 43.3 Å². The van der Waals surface area contributed by atoms with Gasteiger partial charge in [-0.05, 0) is 23.8 Å². The third-order valence-electron chi connectivity index (χ3n) is 3.71. The van der Waals surface area contributed by atoms with Gasteiger partial charge in [0.05, 0.1) is 15.6 Å². The normalized spacial score (nSPS) is 10.2. The molecular weight excluding hydrogens is 382 g/mol. The van der Waals surface area contributed by atoms with Crippen LogP contribution in [0.5, 0.6) is 0 Å². The molecule has 0 unspecified atom stereocenters. The van der Waals surface area contributed by atoms with E-state index in [1.54, 1.807) is 18.2 Å². The first-order valence-electron chi connectivity index (χ1n) is 8.41. The van der Waals surface area contributed by atoms with Gasteiger partial charge in [-0.25, -0.2) is 0 Å². The molecule has 0 aliphatic carbocycles. The number of rotatable bonds is 9. The summed E-state index contributed by atoms with van der Waals surface area (Å²) in [5, 5.41) is 13.6. The average Bonchev–Trinajstić information content (AvgIpc) is 2.69. The second-order valence-electron chi connectivity index (χ2n) is 6.01. The van der Waals surface area contributed by atoms with Crippen molar-refractivity contribution in [1.82, 2.24) is 5.32 Å². The van der Waals surface area contributed by atoms with E-state index in [1.807, 2.05) is 43.3 Å². The van der Waals surface area contributed by atoms with Crippen molar-refractivity contribution in [2.45, 2.75) is 11.4 Å². The second-order valence-corrected chi connectivity index (χ2v) is 7.03. The number of para-hydroxylation sites is 1. The SMILES string of the molecule is CN(C)c1ccc(CNC(=O)COC(=O)CSc2ccccc2[N+](=O)[O-])cc1. The van der Waals surface area contributed by atoms with Crippen LogP contribution in [0.2, 0.25) is 0 Å². The van der Waals surface area contributed by atoms with Crippen LogP contribution in [0.4, 0.5) is 11.4 Å². The molecule has 2 aromatic rings. The summed E-state index contributed by atoms with van der Waals surface area (Å²) in [5.74, 6) is -1.15. The number of nitrogens with one attached hydrogen (secondary N) is 1. The smallest absolute Gasteiger partial charge is 0.316 e. The van der Waals surface area contributed by atoms with E-state index in [1.165, 1.54) is 6.07 Å². The number of benzene rings is 2. The maximum atomic E-state index is 11.8. The third-order valence-corrected chi connectivity index (χ3v) is 4.75. The van der Waals surface area contributed by atoms with E-state index in [0.29, 0.717) is 11.4 Å². The Morgan fingerprint density at radius 2 is 1.82 bits per heavy atom. The zero-order valence-electron chi connectivity index (χ0n) is 15.6. The van der Waals surface area contributed by atoms with Gasteiger partial charge < -0.3 is 15.0 Å². The molecule has 0 atom stereocenters. The van der Waals surface area contributed by atoms with Crippen molar-refractivity contribution in [1.29, 1.82) is 0 Å². The van der Waals surface area contributed by atoms with Crippen LogP contribution in [0.3, 0.4) is 0 Å². The monoisotopic (exact) mass is 403 g/mol. The molecule has 0 saturated heterocycles. The molecular formula is C19H21N3O5S. The van der Waals surface area contributed by atoms with Crippen LogP contribution in [0.25, 0.3) is 0 Å². The summed E-state index contributed by atoms with van der Waals surface area (Å²) in [6.07, 6.45) is 0. The standard InChI is InChI=1S/C19H21N3O5S/c1-21(2)15-9-7-14(8-10-15)11-20-18(23)12-27-19(24)13-28-17-6-4-3-5-16(17)22(25)26/h3-10H,11-13H2,1-2H3,(H,20,23). The number of esters is 1. The molecule has 8 nitrogen and oxygen atoms in total. The molecule has 0 bridgehead atoms. The van der Waals surface area contributed by atoms with E-state index in [2.05, 4.69) is 5.32 Å². The van der Waals surface area contributed by atoms with Gasteiger partial charge >= 0.3 is 5.97 Å². The largest absolute Gasteiger partial charge is 0.455 e. The maximum absolute atomic E-state index is 11.8. The number of amides is 1. The molecule has 28 heavy (non-hydrogen) atoms. The predicted molar refractivity (Wildman–Crippen MR) is 107 cm³/mol. The lowest BCUT2D eigenvalue weighted by atomic mass is 10.2. The minimum Gasteiger partial charge on any atom is -0.455 e. The Bertz CT molecular complexity index is 840. The van der Waals surface area contributed by atoms with Crippen molar-refractivity contribution in [2.75, 3.05) is 31.4 Å². The minimum atomic E-state index is -0.617. The molecule has 148 valence electrons. The van der Waals surface area contributed by atoms with Crippen LogP contribution in [-0.2, 0) is 20.9 Å². The molecule has 2 rings (SSSR count). The molecule has 0 aliphatic rings. The van der Waals surface area contributed by atoms with Crippen LogP contribution < -0.4 is 10.2 Å². The molecule has 0 spiro atoms. The van der Waals surface area contributed by atoms with Crippen LogP contribution in [0.1, 0.15) is 5.56 Å².